The molecule has 6 nitrogen and oxygen atoms in total. The van der Waals surface area contributed by atoms with Crippen LogP contribution in [0.4, 0.5) is 5.69 Å². The van der Waals surface area contributed by atoms with Crippen molar-refractivity contribution in [2.24, 2.45) is 4.99 Å². The molecular weight excluding hydrogens is 392 g/mol. The zero-order valence-corrected chi connectivity index (χ0v) is 17.9. The lowest BCUT2D eigenvalue weighted by atomic mass is 10.1. The first-order valence-electron chi connectivity index (χ1n) is 10.2. The van der Waals surface area contributed by atoms with Crippen LogP contribution in [0.15, 0.2) is 53.5 Å². The molecule has 3 rings (SSSR count). The molecule has 0 unspecified atom stereocenters. The van der Waals surface area contributed by atoms with Gasteiger partial charge < -0.3 is 14.8 Å². The second-order valence-corrected chi connectivity index (χ2v) is 7.57. The zero-order chi connectivity index (χ0) is 22.5. The summed E-state index contributed by atoms with van der Waals surface area (Å²) in [5.41, 5.74) is 5.09. The zero-order valence-electron chi connectivity index (χ0n) is 17.9. The van der Waals surface area contributed by atoms with Gasteiger partial charge in [-0.15, -0.1) is 0 Å². The molecule has 0 atom stereocenters. The molecule has 2 N–H and O–H groups in total. The van der Waals surface area contributed by atoms with Crippen molar-refractivity contribution < 1.29 is 19.8 Å². The number of rotatable bonds is 8. The quantitative estimate of drug-likeness (QED) is 0.467. The van der Waals surface area contributed by atoms with Crippen molar-refractivity contribution in [3.8, 4) is 5.69 Å². The van der Waals surface area contributed by atoms with Gasteiger partial charge in [0.1, 0.15) is 0 Å². The fraction of sp³-hybridized carbons (Fsp3) is 0.240. The smallest absolute Gasteiger partial charge is 0.335 e. The first-order valence-corrected chi connectivity index (χ1v) is 10.2. The lowest BCUT2D eigenvalue weighted by Crippen LogP contribution is -2.07. The molecule has 0 aliphatic rings. The van der Waals surface area contributed by atoms with Gasteiger partial charge in [0.2, 0.25) is 0 Å². The predicted octanol–water partition coefficient (Wildman–Crippen LogP) is 5.58. The average Bonchev–Trinajstić information content (AvgIpc) is 3.04. The fourth-order valence-electron chi connectivity index (χ4n) is 3.58. The van der Waals surface area contributed by atoms with Gasteiger partial charge in [-0.2, -0.15) is 0 Å². The highest BCUT2D eigenvalue weighted by molar-refractivity contribution is 5.95. The van der Waals surface area contributed by atoms with Gasteiger partial charge in [0.25, 0.3) is 0 Å². The number of unbranched alkanes of at least 4 members (excludes halogenated alkanes) is 1. The monoisotopic (exact) mass is 418 g/mol. The lowest BCUT2D eigenvalue weighted by molar-refractivity contribution is 0.0696. The third-order valence-corrected chi connectivity index (χ3v) is 5.25. The predicted molar refractivity (Wildman–Crippen MR) is 121 cm³/mol. The third-order valence-electron chi connectivity index (χ3n) is 5.25. The Kier molecular flexibility index (Phi) is 6.70. The number of hydrogen-bond donors (Lipinski definition) is 2. The number of nitrogens with zero attached hydrogens (tertiary/aromatic N) is 2. The second-order valence-electron chi connectivity index (χ2n) is 7.57. The standard InChI is InChI=1S/C25H26N2O4/c1-4-5-6-18-7-9-22(10-8-18)26-15-21-11-16(2)27(17(21)3)23-13-19(24(28)29)12-20(14-23)25(30)31/h7-15H,4-6H2,1-3H3,(H,28,29)(H,30,31). The van der Waals surface area contributed by atoms with Gasteiger partial charge in [-0.05, 0) is 68.7 Å². The van der Waals surface area contributed by atoms with Gasteiger partial charge in [0, 0.05) is 28.9 Å². The third kappa shape index (κ3) is 5.09. The summed E-state index contributed by atoms with van der Waals surface area (Å²) in [7, 11) is 0. The average molecular weight is 418 g/mol. The van der Waals surface area contributed by atoms with E-state index >= 15 is 0 Å². The first-order chi connectivity index (χ1) is 14.8. The summed E-state index contributed by atoms with van der Waals surface area (Å²) in [6, 6.07) is 14.2. The van der Waals surface area contributed by atoms with E-state index < -0.39 is 11.9 Å². The minimum atomic E-state index is -1.17. The van der Waals surface area contributed by atoms with Gasteiger partial charge >= 0.3 is 11.9 Å². The van der Waals surface area contributed by atoms with Crippen LogP contribution in [0.2, 0.25) is 0 Å². The first kappa shape index (κ1) is 22.0. The molecule has 0 spiro atoms. The maximum atomic E-state index is 11.5. The Morgan fingerprint density at radius 1 is 0.968 bits per heavy atom. The molecule has 0 aliphatic heterocycles. The Morgan fingerprint density at radius 3 is 2.13 bits per heavy atom. The summed E-state index contributed by atoms with van der Waals surface area (Å²) in [5.74, 6) is -2.34. The lowest BCUT2D eigenvalue weighted by Gasteiger charge is -2.12. The molecule has 1 aromatic heterocycles. The highest BCUT2D eigenvalue weighted by atomic mass is 16.4. The van der Waals surface area contributed by atoms with Gasteiger partial charge in [-0.3, -0.25) is 4.99 Å². The molecular formula is C25H26N2O4. The van der Waals surface area contributed by atoms with E-state index in [2.05, 4.69) is 24.0 Å². The molecule has 3 aromatic rings. The molecule has 0 aliphatic carbocycles. The van der Waals surface area contributed by atoms with E-state index in [0.717, 1.165) is 35.1 Å². The van der Waals surface area contributed by atoms with Gasteiger partial charge in [-0.1, -0.05) is 25.5 Å². The van der Waals surface area contributed by atoms with E-state index in [1.54, 1.807) is 6.21 Å². The molecule has 0 radical (unpaired) electrons. The maximum Gasteiger partial charge on any atom is 0.335 e. The van der Waals surface area contributed by atoms with Crippen LogP contribution in [-0.2, 0) is 6.42 Å². The Bertz CT molecular complexity index is 1110. The number of benzene rings is 2. The number of carboxylic acids is 2. The van der Waals surface area contributed by atoms with E-state index in [4.69, 9.17) is 0 Å². The Morgan fingerprint density at radius 2 is 1.58 bits per heavy atom. The van der Waals surface area contributed by atoms with Crippen molar-refractivity contribution in [3.63, 3.8) is 0 Å². The van der Waals surface area contributed by atoms with E-state index in [1.165, 1.54) is 30.5 Å². The molecule has 0 saturated heterocycles. The number of aromatic carboxylic acids is 2. The Hall–Kier alpha value is -3.67. The van der Waals surface area contributed by atoms with Crippen molar-refractivity contribution in [1.82, 2.24) is 4.57 Å². The molecule has 160 valence electrons. The second kappa shape index (κ2) is 9.43. The highest BCUT2D eigenvalue weighted by Gasteiger charge is 2.15. The molecule has 6 heteroatoms. The summed E-state index contributed by atoms with van der Waals surface area (Å²) < 4.78 is 1.84. The van der Waals surface area contributed by atoms with Crippen LogP contribution < -0.4 is 0 Å². The number of carbonyl (C=O) groups is 2. The van der Waals surface area contributed by atoms with Crippen molar-refractivity contribution in [2.75, 3.05) is 0 Å². The summed E-state index contributed by atoms with van der Waals surface area (Å²) >= 11 is 0. The van der Waals surface area contributed by atoms with Gasteiger partial charge in [0.05, 0.1) is 16.8 Å². The van der Waals surface area contributed by atoms with Crippen LogP contribution in [0, 0.1) is 13.8 Å². The normalized spacial score (nSPS) is 11.2. The van der Waals surface area contributed by atoms with Crippen LogP contribution in [0.5, 0.6) is 0 Å². The van der Waals surface area contributed by atoms with Crippen LogP contribution in [0.25, 0.3) is 5.69 Å². The number of hydrogen-bond acceptors (Lipinski definition) is 3. The minimum absolute atomic E-state index is 0.0687. The number of aromatic nitrogens is 1. The molecule has 0 bridgehead atoms. The highest BCUT2D eigenvalue weighted by Crippen LogP contribution is 2.23. The van der Waals surface area contributed by atoms with Gasteiger partial charge in [0.15, 0.2) is 0 Å². The van der Waals surface area contributed by atoms with Crippen molar-refractivity contribution >= 4 is 23.8 Å². The minimum Gasteiger partial charge on any atom is -0.478 e. The molecule has 0 saturated carbocycles. The van der Waals surface area contributed by atoms with E-state index in [1.807, 2.05) is 36.6 Å². The van der Waals surface area contributed by atoms with Crippen LogP contribution in [0.1, 0.15) is 63.0 Å². The van der Waals surface area contributed by atoms with E-state index in [9.17, 15) is 19.8 Å². The van der Waals surface area contributed by atoms with Crippen LogP contribution in [-0.4, -0.2) is 32.9 Å². The number of carboxylic acid groups (broad SMARTS) is 2. The molecule has 1 heterocycles. The molecule has 31 heavy (non-hydrogen) atoms. The van der Waals surface area contributed by atoms with Crippen molar-refractivity contribution in [2.45, 2.75) is 40.0 Å². The maximum absolute atomic E-state index is 11.5. The largest absolute Gasteiger partial charge is 0.478 e. The van der Waals surface area contributed by atoms with E-state index in [0.29, 0.717) is 5.69 Å². The molecule has 2 aromatic carbocycles. The van der Waals surface area contributed by atoms with E-state index in [-0.39, 0.29) is 11.1 Å². The summed E-state index contributed by atoms with van der Waals surface area (Å²) in [5, 5.41) is 18.7. The summed E-state index contributed by atoms with van der Waals surface area (Å²) in [6.07, 6.45) is 5.18. The van der Waals surface area contributed by atoms with Crippen LogP contribution >= 0.6 is 0 Å². The summed E-state index contributed by atoms with van der Waals surface area (Å²) in [4.78, 5) is 27.5. The Balaban J connectivity index is 1.93. The Labute approximate surface area is 181 Å². The fourth-order valence-corrected chi connectivity index (χ4v) is 3.58. The molecule has 0 fully saturated rings. The molecule has 0 amide bonds. The van der Waals surface area contributed by atoms with Crippen molar-refractivity contribution in [3.05, 3.63) is 82.2 Å². The number of aryl methyl sites for hydroxylation is 2. The van der Waals surface area contributed by atoms with Crippen molar-refractivity contribution in [1.29, 1.82) is 0 Å². The van der Waals surface area contributed by atoms with Crippen LogP contribution in [0.3, 0.4) is 0 Å². The SMILES string of the molecule is CCCCc1ccc(N=Cc2cc(C)n(-c3cc(C(=O)O)cc(C(=O)O)c3)c2C)cc1. The summed E-state index contributed by atoms with van der Waals surface area (Å²) in [6.45, 7) is 5.96. The number of aliphatic imine (C=N–C) groups is 1. The van der Waals surface area contributed by atoms with Gasteiger partial charge in [-0.25, -0.2) is 9.59 Å². The topological polar surface area (TPSA) is 91.9 Å².